The van der Waals surface area contributed by atoms with Crippen LogP contribution in [0.5, 0.6) is 0 Å². The Labute approximate surface area is 123 Å². The molecule has 2 N–H and O–H groups in total. The molecule has 0 amide bonds. The first-order chi connectivity index (χ1) is 9.76. The summed E-state index contributed by atoms with van der Waals surface area (Å²) >= 11 is 0. The average molecular weight is 285 g/mol. The monoisotopic (exact) mass is 285 g/mol. The molecule has 2 fully saturated rings. The summed E-state index contributed by atoms with van der Waals surface area (Å²) in [5.74, 6) is -0.387. The topological polar surface area (TPSA) is 53.7 Å². The first-order valence-electron chi connectivity index (χ1n) is 8.41. The van der Waals surface area contributed by atoms with E-state index in [0.717, 1.165) is 32.3 Å². The average Bonchev–Trinajstić information content (AvgIpc) is 2.90. The summed E-state index contributed by atoms with van der Waals surface area (Å²) in [6.07, 6.45) is 10.5. The largest absolute Gasteiger partial charge is 0.376 e. The van der Waals surface area contributed by atoms with Crippen LogP contribution in [0.3, 0.4) is 0 Å². The third-order valence-electron chi connectivity index (χ3n) is 4.49. The third-order valence-corrected chi connectivity index (χ3v) is 4.49. The van der Waals surface area contributed by atoms with Gasteiger partial charge in [-0.2, -0.15) is 0 Å². The second kappa shape index (κ2) is 8.32. The number of rotatable bonds is 8. The van der Waals surface area contributed by atoms with E-state index in [4.69, 9.17) is 19.9 Å². The van der Waals surface area contributed by atoms with E-state index in [1.807, 2.05) is 0 Å². The molecular formula is C16H31NO3. The van der Waals surface area contributed by atoms with Gasteiger partial charge in [0.05, 0.1) is 19.3 Å². The summed E-state index contributed by atoms with van der Waals surface area (Å²) in [4.78, 5) is 0. The zero-order valence-electron chi connectivity index (χ0n) is 12.9. The maximum Gasteiger partial charge on any atom is 0.171 e. The Morgan fingerprint density at radius 3 is 2.55 bits per heavy atom. The minimum absolute atomic E-state index is 0.0949. The van der Waals surface area contributed by atoms with Crippen molar-refractivity contribution in [3.8, 4) is 0 Å². The second-order valence-corrected chi connectivity index (χ2v) is 6.19. The molecule has 118 valence electrons. The van der Waals surface area contributed by atoms with Crippen molar-refractivity contribution in [1.82, 2.24) is 0 Å². The Bertz CT molecular complexity index is 266. The van der Waals surface area contributed by atoms with Gasteiger partial charge in [0.1, 0.15) is 0 Å². The molecule has 1 saturated carbocycles. The molecule has 1 spiro atoms. The number of hydrogen-bond donors (Lipinski definition) is 1. The van der Waals surface area contributed by atoms with E-state index >= 15 is 0 Å². The van der Waals surface area contributed by atoms with E-state index in [9.17, 15) is 0 Å². The summed E-state index contributed by atoms with van der Waals surface area (Å²) in [7, 11) is 0. The van der Waals surface area contributed by atoms with Gasteiger partial charge in [0.25, 0.3) is 0 Å². The van der Waals surface area contributed by atoms with Crippen molar-refractivity contribution in [3.63, 3.8) is 0 Å². The normalized spacial score (nSPS) is 29.1. The lowest BCUT2D eigenvalue weighted by Crippen LogP contribution is -2.50. The maximum absolute atomic E-state index is 6.17. The molecule has 4 heteroatoms. The summed E-state index contributed by atoms with van der Waals surface area (Å²) in [5.41, 5.74) is 6.17. The number of unbranched alkanes of at least 4 members (excludes halogenated alkanes) is 5. The fraction of sp³-hybridized carbons (Fsp3) is 1.00. The Morgan fingerprint density at radius 1 is 1.10 bits per heavy atom. The molecule has 1 aliphatic heterocycles. The van der Waals surface area contributed by atoms with Gasteiger partial charge in [-0.3, -0.25) is 0 Å². The molecule has 0 radical (unpaired) electrons. The standard InChI is InChI=1S/C16H31NO3/c1-2-3-4-5-6-7-10-18-15-13-16(9-8-14(15)17)19-11-12-20-16/h14-15H,2-13,17H2,1H3. The highest BCUT2D eigenvalue weighted by atomic mass is 16.7. The molecule has 0 aromatic carbocycles. The van der Waals surface area contributed by atoms with Gasteiger partial charge in [-0.05, 0) is 12.8 Å². The summed E-state index contributed by atoms with van der Waals surface area (Å²) in [5, 5.41) is 0. The van der Waals surface area contributed by atoms with Crippen LogP contribution in [0, 0.1) is 0 Å². The molecular weight excluding hydrogens is 254 g/mol. The van der Waals surface area contributed by atoms with Crippen LogP contribution < -0.4 is 5.73 Å². The van der Waals surface area contributed by atoms with E-state index in [2.05, 4.69) is 6.92 Å². The fourth-order valence-corrected chi connectivity index (χ4v) is 3.19. The van der Waals surface area contributed by atoms with Crippen molar-refractivity contribution in [1.29, 1.82) is 0 Å². The highest BCUT2D eigenvalue weighted by Crippen LogP contribution is 2.36. The molecule has 2 atom stereocenters. The summed E-state index contributed by atoms with van der Waals surface area (Å²) in [6, 6.07) is 0.133. The van der Waals surface area contributed by atoms with Crippen molar-refractivity contribution in [2.45, 2.75) is 82.6 Å². The number of hydrogen-bond acceptors (Lipinski definition) is 4. The Balaban J connectivity index is 1.61. The maximum atomic E-state index is 6.17. The van der Waals surface area contributed by atoms with Crippen molar-refractivity contribution in [2.75, 3.05) is 19.8 Å². The highest BCUT2D eigenvalue weighted by Gasteiger charge is 2.44. The van der Waals surface area contributed by atoms with Crippen molar-refractivity contribution >= 4 is 0 Å². The first-order valence-corrected chi connectivity index (χ1v) is 8.41. The molecule has 0 aromatic heterocycles. The predicted molar refractivity (Wildman–Crippen MR) is 79.6 cm³/mol. The lowest BCUT2D eigenvalue weighted by molar-refractivity contribution is -0.205. The van der Waals surface area contributed by atoms with Crippen LogP contribution in [-0.4, -0.2) is 37.8 Å². The Hall–Kier alpha value is -0.160. The van der Waals surface area contributed by atoms with Crippen LogP contribution in [0.4, 0.5) is 0 Å². The van der Waals surface area contributed by atoms with E-state index in [0.29, 0.717) is 13.2 Å². The Morgan fingerprint density at radius 2 is 1.80 bits per heavy atom. The third kappa shape index (κ3) is 4.69. The molecule has 2 aliphatic rings. The van der Waals surface area contributed by atoms with Gasteiger partial charge >= 0.3 is 0 Å². The van der Waals surface area contributed by atoms with Crippen LogP contribution in [0.2, 0.25) is 0 Å². The van der Waals surface area contributed by atoms with E-state index < -0.39 is 0 Å². The van der Waals surface area contributed by atoms with Gasteiger partial charge in [-0.25, -0.2) is 0 Å². The van der Waals surface area contributed by atoms with Crippen molar-refractivity contribution < 1.29 is 14.2 Å². The zero-order valence-corrected chi connectivity index (χ0v) is 12.9. The highest BCUT2D eigenvalue weighted by molar-refractivity contribution is 4.90. The molecule has 1 aliphatic carbocycles. The van der Waals surface area contributed by atoms with E-state index in [-0.39, 0.29) is 17.9 Å². The van der Waals surface area contributed by atoms with Gasteiger partial charge in [-0.1, -0.05) is 39.0 Å². The molecule has 20 heavy (non-hydrogen) atoms. The van der Waals surface area contributed by atoms with Crippen LogP contribution in [-0.2, 0) is 14.2 Å². The lowest BCUT2D eigenvalue weighted by atomic mass is 9.88. The fourth-order valence-electron chi connectivity index (χ4n) is 3.19. The molecule has 4 nitrogen and oxygen atoms in total. The van der Waals surface area contributed by atoms with Gasteiger partial charge in [0.15, 0.2) is 5.79 Å². The van der Waals surface area contributed by atoms with Crippen LogP contribution >= 0.6 is 0 Å². The molecule has 1 saturated heterocycles. The minimum atomic E-state index is -0.387. The SMILES string of the molecule is CCCCCCCCOC1CC2(CCC1N)OCCO2. The summed E-state index contributed by atoms with van der Waals surface area (Å²) in [6.45, 7) is 4.48. The number of ether oxygens (including phenoxy) is 3. The van der Waals surface area contributed by atoms with Crippen LogP contribution in [0.25, 0.3) is 0 Å². The molecule has 2 unspecified atom stereocenters. The smallest absolute Gasteiger partial charge is 0.171 e. The second-order valence-electron chi connectivity index (χ2n) is 6.19. The van der Waals surface area contributed by atoms with Crippen LogP contribution in [0.1, 0.15) is 64.7 Å². The molecule has 1 heterocycles. The van der Waals surface area contributed by atoms with E-state index in [1.165, 1.54) is 32.1 Å². The molecule has 0 aromatic rings. The van der Waals surface area contributed by atoms with E-state index in [1.54, 1.807) is 0 Å². The Kier molecular flexibility index (Phi) is 6.75. The zero-order chi connectivity index (χ0) is 14.3. The van der Waals surface area contributed by atoms with Gasteiger partial charge in [0.2, 0.25) is 0 Å². The van der Waals surface area contributed by atoms with Gasteiger partial charge < -0.3 is 19.9 Å². The lowest BCUT2D eigenvalue weighted by Gasteiger charge is -2.39. The molecule has 0 bridgehead atoms. The van der Waals surface area contributed by atoms with Gasteiger partial charge in [0, 0.05) is 25.5 Å². The predicted octanol–water partition coefficient (Wildman–Crippen LogP) is 2.99. The summed E-state index contributed by atoms with van der Waals surface area (Å²) < 4.78 is 17.6. The first kappa shape index (κ1) is 16.2. The quantitative estimate of drug-likeness (QED) is 0.697. The minimum Gasteiger partial charge on any atom is -0.376 e. The van der Waals surface area contributed by atoms with Gasteiger partial charge in [-0.15, -0.1) is 0 Å². The molecule has 2 rings (SSSR count). The van der Waals surface area contributed by atoms with Crippen LogP contribution in [0.15, 0.2) is 0 Å². The van der Waals surface area contributed by atoms with Crippen molar-refractivity contribution in [2.24, 2.45) is 5.73 Å². The van der Waals surface area contributed by atoms with Crippen molar-refractivity contribution in [3.05, 3.63) is 0 Å². The number of nitrogens with two attached hydrogens (primary N) is 1.